The zero-order valence-electron chi connectivity index (χ0n) is 16.8. The Balaban J connectivity index is 1.87. The molecule has 7 nitrogen and oxygen atoms in total. The van der Waals surface area contributed by atoms with E-state index in [9.17, 15) is 9.59 Å². The number of hydrogen-bond acceptors (Lipinski definition) is 6. The summed E-state index contributed by atoms with van der Waals surface area (Å²) in [5.41, 5.74) is 6.54. The van der Waals surface area contributed by atoms with E-state index in [4.69, 9.17) is 26.8 Å². The SMILES string of the molecule is CCOC(=O)CCCN1CC[C@@H](NC(=O)c2cc(Cl)c(N)cc2OC)[C@@H](C)C1. The Hall–Kier alpha value is -1.99. The van der Waals surface area contributed by atoms with Crippen molar-refractivity contribution < 1.29 is 19.1 Å². The molecule has 0 unspecified atom stereocenters. The van der Waals surface area contributed by atoms with Crippen molar-refractivity contribution in [1.82, 2.24) is 10.2 Å². The van der Waals surface area contributed by atoms with Crippen molar-refractivity contribution in [3.8, 4) is 5.75 Å². The molecule has 1 aliphatic rings. The predicted molar refractivity (Wildman–Crippen MR) is 110 cm³/mol. The second-order valence-corrected chi connectivity index (χ2v) is 7.54. The third kappa shape index (κ3) is 6.01. The van der Waals surface area contributed by atoms with E-state index >= 15 is 0 Å². The minimum Gasteiger partial charge on any atom is -0.496 e. The van der Waals surface area contributed by atoms with Gasteiger partial charge in [0.1, 0.15) is 5.75 Å². The first-order chi connectivity index (χ1) is 13.3. The number of benzene rings is 1. The summed E-state index contributed by atoms with van der Waals surface area (Å²) in [7, 11) is 1.50. The summed E-state index contributed by atoms with van der Waals surface area (Å²) in [6, 6.07) is 3.17. The van der Waals surface area contributed by atoms with Crippen LogP contribution in [0.4, 0.5) is 5.69 Å². The van der Waals surface area contributed by atoms with Gasteiger partial charge in [0.25, 0.3) is 5.91 Å². The summed E-state index contributed by atoms with van der Waals surface area (Å²) in [5, 5.41) is 3.43. The number of ether oxygens (including phenoxy) is 2. The molecule has 2 rings (SSSR count). The molecule has 0 aliphatic carbocycles. The maximum atomic E-state index is 12.7. The molecule has 8 heteroatoms. The van der Waals surface area contributed by atoms with Crippen molar-refractivity contribution in [1.29, 1.82) is 0 Å². The number of likely N-dealkylation sites (tertiary alicyclic amines) is 1. The fourth-order valence-corrected chi connectivity index (χ4v) is 3.65. The summed E-state index contributed by atoms with van der Waals surface area (Å²) in [5.74, 6) is 0.333. The first-order valence-corrected chi connectivity index (χ1v) is 10.0. The van der Waals surface area contributed by atoms with Gasteiger partial charge in [-0.3, -0.25) is 9.59 Å². The number of carbonyl (C=O) groups excluding carboxylic acids is 2. The molecule has 1 aliphatic heterocycles. The summed E-state index contributed by atoms with van der Waals surface area (Å²) < 4.78 is 10.2. The van der Waals surface area contributed by atoms with Crippen LogP contribution in [0.25, 0.3) is 0 Å². The van der Waals surface area contributed by atoms with Crippen LogP contribution in [-0.4, -0.2) is 56.2 Å². The molecule has 2 atom stereocenters. The first-order valence-electron chi connectivity index (χ1n) is 9.67. The number of nitrogens with one attached hydrogen (secondary N) is 1. The van der Waals surface area contributed by atoms with Gasteiger partial charge < -0.3 is 25.4 Å². The zero-order valence-corrected chi connectivity index (χ0v) is 17.6. The van der Waals surface area contributed by atoms with Crippen LogP contribution in [0, 0.1) is 5.92 Å². The van der Waals surface area contributed by atoms with E-state index in [0.29, 0.717) is 35.1 Å². The van der Waals surface area contributed by atoms with E-state index in [1.54, 1.807) is 12.1 Å². The summed E-state index contributed by atoms with van der Waals surface area (Å²) in [6.45, 7) is 6.95. The van der Waals surface area contributed by atoms with Gasteiger partial charge in [-0.15, -0.1) is 0 Å². The van der Waals surface area contributed by atoms with E-state index in [0.717, 1.165) is 32.5 Å². The van der Waals surface area contributed by atoms with E-state index in [1.807, 2.05) is 6.92 Å². The Morgan fingerprint density at radius 3 is 2.79 bits per heavy atom. The quantitative estimate of drug-likeness (QED) is 0.504. The Bertz CT molecular complexity index is 698. The molecule has 1 aromatic carbocycles. The smallest absolute Gasteiger partial charge is 0.305 e. The Kier molecular flexibility index (Phi) is 8.38. The minimum absolute atomic E-state index is 0.0647. The van der Waals surface area contributed by atoms with Gasteiger partial charge in [-0.25, -0.2) is 0 Å². The molecule has 28 heavy (non-hydrogen) atoms. The summed E-state index contributed by atoms with van der Waals surface area (Å²) >= 11 is 6.07. The highest BCUT2D eigenvalue weighted by Crippen LogP contribution is 2.29. The maximum Gasteiger partial charge on any atom is 0.305 e. The van der Waals surface area contributed by atoms with Crippen LogP contribution in [0.1, 0.15) is 43.5 Å². The van der Waals surface area contributed by atoms with Crippen molar-refractivity contribution in [3.05, 3.63) is 22.7 Å². The number of esters is 1. The fourth-order valence-electron chi connectivity index (χ4n) is 3.49. The Morgan fingerprint density at radius 2 is 2.14 bits per heavy atom. The fraction of sp³-hybridized carbons (Fsp3) is 0.600. The van der Waals surface area contributed by atoms with Gasteiger partial charge in [-0.05, 0) is 38.3 Å². The van der Waals surface area contributed by atoms with Gasteiger partial charge in [0.15, 0.2) is 0 Å². The molecule has 0 saturated carbocycles. The number of nitrogen functional groups attached to an aromatic ring is 1. The molecule has 1 fully saturated rings. The van der Waals surface area contributed by atoms with E-state index in [1.165, 1.54) is 7.11 Å². The van der Waals surface area contributed by atoms with Crippen LogP contribution in [0.2, 0.25) is 5.02 Å². The number of nitrogens with zero attached hydrogens (tertiary/aromatic N) is 1. The average Bonchev–Trinajstić information content (AvgIpc) is 2.65. The lowest BCUT2D eigenvalue weighted by Gasteiger charge is -2.37. The molecule has 0 bridgehead atoms. The average molecular weight is 412 g/mol. The number of methoxy groups -OCH3 is 1. The van der Waals surface area contributed by atoms with Crippen LogP contribution < -0.4 is 15.8 Å². The highest BCUT2D eigenvalue weighted by Gasteiger charge is 2.28. The molecule has 0 aromatic heterocycles. The third-order valence-corrected chi connectivity index (χ3v) is 5.36. The number of carbonyl (C=O) groups is 2. The molecule has 1 amide bonds. The van der Waals surface area contributed by atoms with Gasteiger partial charge >= 0.3 is 5.97 Å². The van der Waals surface area contributed by atoms with Crippen molar-refractivity contribution in [2.75, 3.05) is 39.1 Å². The first kappa shape index (κ1) is 22.3. The van der Waals surface area contributed by atoms with Gasteiger partial charge in [-0.2, -0.15) is 0 Å². The molecular weight excluding hydrogens is 382 g/mol. The van der Waals surface area contributed by atoms with E-state index in [2.05, 4.69) is 17.1 Å². The van der Waals surface area contributed by atoms with Gasteiger partial charge in [0, 0.05) is 31.6 Å². The van der Waals surface area contributed by atoms with Crippen LogP contribution in [0.15, 0.2) is 12.1 Å². The Labute approximate surface area is 171 Å². The van der Waals surface area contributed by atoms with Gasteiger partial charge in [0.05, 0.1) is 30.0 Å². The molecule has 3 N–H and O–H groups in total. The van der Waals surface area contributed by atoms with E-state index in [-0.39, 0.29) is 23.8 Å². The van der Waals surface area contributed by atoms with Gasteiger partial charge in [-0.1, -0.05) is 18.5 Å². The normalized spacial score (nSPS) is 19.9. The lowest BCUT2D eigenvalue weighted by molar-refractivity contribution is -0.143. The number of piperidine rings is 1. The molecule has 0 spiro atoms. The largest absolute Gasteiger partial charge is 0.496 e. The molecular formula is C20H30ClN3O4. The molecule has 156 valence electrons. The third-order valence-electron chi connectivity index (χ3n) is 5.03. The molecule has 1 heterocycles. The van der Waals surface area contributed by atoms with Crippen molar-refractivity contribution in [2.45, 2.75) is 39.2 Å². The lowest BCUT2D eigenvalue weighted by atomic mass is 9.93. The lowest BCUT2D eigenvalue weighted by Crippen LogP contribution is -2.50. The molecule has 1 saturated heterocycles. The van der Waals surface area contributed by atoms with Crippen molar-refractivity contribution >= 4 is 29.2 Å². The number of hydrogen-bond donors (Lipinski definition) is 2. The summed E-state index contributed by atoms with van der Waals surface area (Å²) in [6.07, 6.45) is 2.07. The Morgan fingerprint density at radius 1 is 1.39 bits per heavy atom. The van der Waals surface area contributed by atoms with E-state index < -0.39 is 0 Å². The zero-order chi connectivity index (χ0) is 20.7. The van der Waals surface area contributed by atoms with Crippen molar-refractivity contribution in [2.24, 2.45) is 5.92 Å². The summed E-state index contributed by atoms with van der Waals surface area (Å²) in [4.78, 5) is 26.5. The number of halogens is 1. The standard InChI is InChI=1S/C20H30ClN3O4/c1-4-28-19(25)6-5-8-24-9-7-17(13(2)12-24)23-20(26)14-10-15(21)16(22)11-18(14)27-3/h10-11,13,17H,4-9,12,22H2,1-3H3,(H,23,26)/t13-,17+/m0/s1. The van der Waals surface area contributed by atoms with Crippen LogP contribution in [0.5, 0.6) is 5.75 Å². The number of rotatable bonds is 8. The minimum atomic E-state index is -0.216. The van der Waals surface area contributed by atoms with Crippen LogP contribution in [-0.2, 0) is 9.53 Å². The molecule has 0 radical (unpaired) electrons. The van der Waals surface area contributed by atoms with Crippen molar-refractivity contribution in [3.63, 3.8) is 0 Å². The second kappa shape index (κ2) is 10.5. The highest BCUT2D eigenvalue weighted by atomic mass is 35.5. The molecule has 1 aromatic rings. The van der Waals surface area contributed by atoms with Crippen LogP contribution in [0.3, 0.4) is 0 Å². The van der Waals surface area contributed by atoms with Gasteiger partial charge in [0.2, 0.25) is 0 Å². The second-order valence-electron chi connectivity index (χ2n) is 7.13. The van der Waals surface area contributed by atoms with Crippen LogP contribution >= 0.6 is 11.6 Å². The highest BCUT2D eigenvalue weighted by molar-refractivity contribution is 6.33. The monoisotopic (exact) mass is 411 g/mol. The number of nitrogens with two attached hydrogens (primary N) is 1. The number of amides is 1. The topological polar surface area (TPSA) is 93.9 Å². The maximum absolute atomic E-state index is 12.7. The number of anilines is 1. The predicted octanol–water partition coefficient (Wildman–Crippen LogP) is 2.71.